The summed E-state index contributed by atoms with van der Waals surface area (Å²) in [6.45, 7) is 2.59. The molecule has 13 heteroatoms. The Hall–Kier alpha value is -2.44. The van der Waals surface area contributed by atoms with Crippen LogP contribution in [0.15, 0.2) is 17.2 Å². The highest BCUT2D eigenvalue weighted by Gasteiger charge is 2.83. The van der Waals surface area contributed by atoms with E-state index >= 15 is 0 Å². The lowest BCUT2D eigenvalue weighted by Gasteiger charge is -2.51. The number of hydrazone groups is 1. The molecule has 0 spiro atoms. The highest BCUT2D eigenvalue weighted by Crippen LogP contribution is 2.54. The molecule has 0 saturated heterocycles. The number of methoxy groups -OCH3 is 2. The number of fused-ring (bicyclic) bond motifs is 3. The van der Waals surface area contributed by atoms with Gasteiger partial charge in [-0.05, 0) is 38.0 Å². The number of amidine groups is 1. The van der Waals surface area contributed by atoms with E-state index in [1.54, 1.807) is 0 Å². The molecular weight excluding hydrogens is 427 g/mol. The third-order valence-electron chi connectivity index (χ3n) is 5.12. The molecule has 2 N–H and O–H groups in total. The first-order valence-electron chi connectivity index (χ1n) is 8.50. The number of nitrogens with zero attached hydrogens (tertiary/aromatic N) is 2. The molecule has 1 aromatic rings. The maximum absolute atomic E-state index is 14.6. The first kappa shape index (κ1) is 22.2. The largest absolute Gasteiger partial charge is 0.493 e. The fourth-order valence-electron chi connectivity index (χ4n) is 3.72. The lowest BCUT2D eigenvalue weighted by Crippen LogP contribution is -2.77. The van der Waals surface area contributed by atoms with Gasteiger partial charge in [0.1, 0.15) is 0 Å². The normalized spacial score (nSPS) is 23.3. The van der Waals surface area contributed by atoms with Gasteiger partial charge in [-0.2, -0.15) is 35.8 Å². The summed E-state index contributed by atoms with van der Waals surface area (Å²) < 4.78 is 105. The van der Waals surface area contributed by atoms with Crippen LogP contribution >= 0.6 is 0 Å². The Labute approximate surface area is 166 Å². The average molecular weight is 445 g/mol. The monoisotopic (exact) mass is 445 g/mol. The van der Waals surface area contributed by atoms with Crippen molar-refractivity contribution in [1.82, 2.24) is 10.3 Å². The Bertz CT molecular complexity index is 901. The molecule has 0 amide bonds. The molecule has 168 valence electrons. The van der Waals surface area contributed by atoms with Gasteiger partial charge in [-0.25, -0.2) is 0 Å². The second-order valence-electron chi connectivity index (χ2n) is 7.55. The van der Waals surface area contributed by atoms with Crippen molar-refractivity contribution in [3.05, 3.63) is 23.3 Å². The van der Waals surface area contributed by atoms with E-state index in [1.807, 2.05) is 0 Å². The number of alkyl halides is 7. The summed E-state index contributed by atoms with van der Waals surface area (Å²) in [5.41, 5.74) is 0.452. The summed E-state index contributed by atoms with van der Waals surface area (Å²) in [5, 5.41) is 14.0. The number of hydrogen-bond acceptors (Lipinski definition) is 6. The van der Waals surface area contributed by atoms with Crippen LogP contribution in [-0.4, -0.2) is 59.5 Å². The van der Waals surface area contributed by atoms with Crippen molar-refractivity contribution in [2.75, 3.05) is 14.2 Å². The van der Waals surface area contributed by atoms with E-state index in [-0.39, 0.29) is 23.5 Å². The number of ether oxygens (including phenoxy) is 2. The lowest BCUT2D eigenvalue weighted by atomic mass is 9.83. The van der Waals surface area contributed by atoms with Crippen molar-refractivity contribution in [1.29, 1.82) is 0 Å². The Morgan fingerprint density at radius 3 is 2.07 bits per heavy atom. The maximum atomic E-state index is 14.6. The zero-order valence-electron chi connectivity index (χ0n) is 16.2. The predicted octanol–water partition coefficient (Wildman–Crippen LogP) is 3.08. The Morgan fingerprint density at radius 1 is 1.03 bits per heavy atom. The van der Waals surface area contributed by atoms with Crippen LogP contribution in [0, 0.1) is 0 Å². The zero-order valence-corrected chi connectivity index (χ0v) is 16.2. The maximum Gasteiger partial charge on any atom is 0.460 e. The van der Waals surface area contributed by atoms with E-state index in [1.165, 1.54) is 45.6 Å². The second kappa shape index (κ2) is 6.28. The van der Waals surface area contributed by atoms with E-state index in [9.17, 15) is 35.8 Å². The molecule has 2 aliphatic heterocycles. The fraction of sp³-hybridized carbons (Fsp3) is 0.588. The van der Waals surface area contributed by atoms with Crippen molar-refractivity contribution < 1.29 is 45.3 Å². The second-order valence-corrected chi connectivity index (χ2v) is 7.55. The third kappa shape index (κ3) is 2.70. The van der Waals surface area contributed by atoms with E-state index in [4.69, 9.17) is 9.47 Å². The Morgan fingerprint density at radius 2 is 1.57 bits per heavy atom. The van der Waals surface area contributed by atoms with Gasteiger partial charge in [0.15, 0.2) is 17.3 Å². The number of nitrogens with one attached hydrogen (secondary N) is 1. The number of aliphatic hydroxyl groups is 1. The highest BCUT2D eigenvalue weighted by molar-refractivity contribution is 6.03. The lowest BCUT2D eigenvalue weighted by molar-refractivity contribution is -0.409. The van der Waals surface area contributed by atoms with Crippen LogP contribution in [0.2, 0.25) is 0 Å². The van der Waals surface area contributed by atoms with Gasteiger partial charge in [0.05, 0.1) is 14.2 Å². The van der Waals surface area contributed by atoms with Gasteiger partial charge < -0.3 is 14.6 Å². The SMILES string of the molecule is COc1cc2c(cc1OC)C1=NN[C@@](O)(C(F)(F)C(F)(F)C(F)(F)F)N1C(C)(C)C2. The first-order chi connectivity index (χ1) is 13.5. The number of rotatable bonds is 4. The quantitative estimate of drug-likeness (QED) is 0.698. The molecular formula is C17H18F7N3O3. The van der Waals surface area contributed by atoms with Gasteiger partial charge in [0.2, 0.25) is 0 Å². The summed E-state index contributed by atoms with van der Waals surface area (Å²) in [5.74, 6) is -16.7. The van der Waals surface area contributed by atoms with Gasteiger partial charge in [-0.3, -0.25) is 10.3 Å². The van der Waals surface area contributed by atoms with Crippen LogP contribution < -0.4 is 14.9 Å². The summed E-state index contributed by atoms with van der Waals surface area (Å²) in [4.78, 5) is 0.341. The Kier molecular flexibility index (Phi) is 4.66. The third-order valence-corrected chi connectivity index (χ3v) is 5.12. The molecule has 1 aromatic carbocycles. The van der Waals surface area contributed by atoms with Crippen molar-refractivity contribution in [3.63, 3.8) is 0 Å². The minimum Gasteiger partial charge on any atom is -0.493 e. The molecule has 0 saturated carbocycles. The van der Waals surface area contributed by atoms with Crippen LogP contribution in [0.25, 0.3) is 0 Å². The van der Waals surface area contributed by atoms with Crippen molar-refractivity contribution >= 4 is 5.84 Å². The van der Waals surface area contributed by atoms with Gasteiger partial charge in [-0.1, -0.05) is 0 Å². The number of halogens is 7. The summed E-state index contributed by atoms with van der Waals surface area (Å²) in [6.07, 6.45) is -6.73. The topological polar surface area (TPSA) is 66.3 Å². The molecule has 0 aromatic heterocycles. The van der Waals surface area contributed by atoms with Gasteiger partial charge in [0, 0.05) is 11.1 Å². The average Bonchev–Trinajstić information content (AvgIpc) is 3.00. The van der Waals surface area contributed by atoms with Crippen LogP contribution in [0.4, 0.5) is 30.7 Å². The minimum atomic E-state index is -6.62. The molecule has 0 aliphatic carbocycles. The molecule has 3 rings (SSSR count). The summed E-state index contributed by atoms with van der Waals surface area (Å²) in [6, 6.07) is 2.82. The van der Waals surface area contributed by atoms with Crippen LogP contribution in [0.5, 0.6) is 11.5 Å². The van der Waals surface area contributed by atoms with Crippen molar-refractivity contribution in [2.24, 2.45) is 5.10 Å². The van der Waals surface area contributed by atoms with Crippen LogP contribution in [0.1, 0.15) is 25.0 Å². The molecule has 0 fully saturated rings. The fourth-order valence-corrected chi connectivity index (χ4v) is 3.72. The van der Waals surface area contributed by atoms with Crippen LogP contribution in [0.3, 0.4) is 0 Å². The number of hydrogen-bond donors (Lipinski definition) is 2. The van der Waals surface area contributed by atoms with E-state index in [0.717, 1.165) is 0 Å². The zero-order chi connectivity index (χ0) is 22.9. The van der Waals surface area contributed by atoms with Crippen molar-refractivity contribution in [2.45, 2.75) is 49.7 Å². The summed E-state index contributed by atoms with van der Waals surface area (Å²) >= 11 is 0. The molecule has 6 nitrogen and oxygen atoms in total. The Balaban J connectivity index is 2.18. The molecule has 0 radical (unpaired) electrons. The molecule has 1 atom stereocenters. The van der Waals surface area contributed by atoms with E-state index < -0.39 is 35.2 Å². The minimum absolute atomic E-state index is 0.0986. The molecule has 30 heavy (non-hydrogen) atoms. The van der Waals surface area contributed by atoms with Crippen LogP contribution in [-0.2, 0) is 6.42 Å². The van der Waals surface area contributed by atoms with Crippen molar-refractivity contribution in [3.8, 4) is 11.5 Å². The first-order valence-corrected chi connectivity index (χ1v) is 8.50. The van der Waals surface area contributed by atoms with E-state index in [2.05, 4.69) is 5.10 Å². The molecule has 0 bridgehead atoms. The smallest absolute Gasteiger partial charge is 0.460 e. The molecule has 0 unspecified atom stereocenters. The predicted molar refractivity (Wildman–Crippen MR) is 89.7 cm³/mol. The van der Waals surface area contributed by atoms with Gasteiger partial charge in [0.25, 0.3) is 0 Å². The standard InChI is InChI=1S/C17H18F7N3O3/c1-13(2)7-8-5-10(29-3)11(30-4)6-9(8)12-25-26-17(28,27(12)13)15(20,21)14(18,19)16(22,23)24/h5-6,26,28H,7H2,1-4H3/t17-/m0/s1. The van der Waals surface area contributed by atoms with Gasteiger partial charge >= 0.3 is 23.9 Å². The highest BCUT2D eigenvalue weighted by atomic mass is 19.4. The van der Waals surface area contributed by atoms with Gasteiger partial charge in [-0.15, -0.1) is 0 Å². The molecule has 2 heterocycles. The van der Waals surface area contributed by atoms with E-state index in [0.29, 0.717) is 10.5 Å². The number of benzene rings is 1. The summed E-state index contributed by atoms with van der Waals surface area (Å²) in [7, 11) is 2.65. The molecule has 2 aliphatic rings.